The van der Waals surface area contributed by atoms with Gasteiger partial charge in [-0.3, -0.25) is 4.79 Å². The average Bonchev–Trinajstić information content (AvgIpc) is 2.55. The van der Waals surface area contributed by atoms with E-state index in [1.807, 2.05) is 0 Å². The Kier molecular flexibility index (Phi) is 5.52. The summed E-state index contributed by atoms with van der Waals surface area (Å²) in [6.45, 7) is 2.57. The van der Waals surface area contributed by atoms with Crippen molar-refractivity contribution in [3.05, 3.63) is 35.4 Å². The van der Waals surface area contributed by atoms with Crippen LogP contribution in [0.2, 0.25) is 0 Å². The van der Waals surface area contributed by atoms with Crippen molar-refractivity contribution in [2.75, 3.05) is 13.1 Å². The van der Waals surface area contributed by atoms with Gasteiger partial charge in [-0.15, -0.1) is 0 Å². The third-order valence-electron chi connectivity index (χ3n) is 4.16. The quantitative estimate of drug-likeness (QED) is 0.891. The van der Waals surface area contributed by atoms with Gasteiger partial charge >= 0.3 is 6.03 Å². The van der Waals surface area contributed by atoms with Crippen LogP contribution in [0.1, 0.15) is 37.8 Å². The molecule has 0 radical (unpaired) electrons. The maximum atomic E-state index is 13.9. The van der Waals surface area contributed by atoms with Crippen LogP contribution in [0.4, 0.5) is 13.6 Å². The maximum absolute atomic E-state index is 13.9. The van der Waals surface area contributed by atoms with Gasteiger partial charge in [-0.05, 0) is 37.5 Å². The van der Waals surface area contributed by atoms with Crippen molar-refractivity contribution >= 4 is 11.9 Å². The number of hydrogen-bond acceptors (Lipinski definition) is 2. The molecule has 7 heteroatoms. The summed E-state index contributed by atoms with van der Waals surface area (Å²) in [7, 11) is 0. The molecular weight excluding hydrogens is 304 g/mol. The molecule has 2 rings (SSSR count). The second-order valence-corrected chi connectivity index (χ2v) is 5.76. The number of carbonyl (C=O) groups excluding carboxylic acids is 2. The molecule has 1 aliphatic rings. The summed E-state index contributed by atoms with van der Waals surface area (Å²) in [6, 6.07) is 2.03. The Hall–Kier alpha value is -2.18. The second kappa shape index (κ2) is 7.39. The first-order valence-electron chi connectivity index (χ1n) is 7.72. The fourth-order valence-corrected chi connectivity index (χ4v) is 2.86. The number of piperidine rings is 1. The van der Waals surface area contributed by atoms with E-state index in [0.29, 0.717) is 25.8 Å². The summed E-state index contributed by atoms with van der Waals surface area (Å²) >= 11 is 0. The number of nitrogens with two attached hydrogens (primary N) is 1. The Morgan fingerprint density at radius 1 is 1.43 bits per heavy atom. The zero-order valence-corrected chi connectivity index (χ0v) is 13.0. The molecule has 0 saturated carbocycles. The number of nitrogens with one attached hydrogen (secondary N) is 1. The highest BCUT2D eigenvalue weighted by molar-refractivity contribution is 5.80. The van der Waals surface area contributed by atoms with Crippen molar-refractivity contribution in [1.82, 2.24) is 10.2 Å². The van der Waals surface area contributed by atoms with E-state index in [9.17, 15) is 18.4 Å². The van der Waals surface area contributed by atoms with Crippen LogP contribution in [0.15, 0.2) is 18.2 Å². The Labute approximate surface area is 133 Å². The lowest BCUT2D eigenvalue weighted by molar-refractivity contribution is -0.127. The van der Waals surface area contributed by atoms with Crippen molar-refractivity contribution in [1.29, 1.82) is 0 Å². The minimum atomic E-state index is -0.609. The summed E-state index contributed by atoms with van der Waals surface area (Å²) < 4.78 is 27.2. The predicted octanol–water partition coefficient (Wildman–Crippen LogP) is 2.32. The van der Waals surface area contributed by atoms with Gasteiger partial charge in [-0.25, -0.2) is 13.6 Å². The molecule has 0 unspecified atom stereocenters. The predicted molar refractivity (Wildman–Crippen MR) is 81.4 cm³/mol. The Balaban J connectivity index is 2.07. The third kappa shape index (κ3) is 4.18. The summed E-state index contributed by atoms with van der Waals surface area (Å²) in [5.41, 5.74) is 5.38. The molecule has 3 amide bonds. The van der Waals surface area contributed by atoms with Gasteiger partial charge in [0.05, 0.1) is 12.0 Å². The van der Waals surface area contributed by atoms with Crippen LogP contribution in [0, 0.1) is 17.6 Å². The third-order valence-corrected chi connectivity index (χ3v) is 4.16. The van der Waals surface area contributed by atoms with Gasteiger partial charge in [0.15, 0.2) is 0 Å². The summed E-state index contributed by atoms with van der Waals surface area (Å²) in [5, 5.41) is 2.76. The van der Waals surface area contributed by atoms with Gasteiger partial charge in [0.1, 0.15) is 11.6 Å². The summed E-state index contributed by atoms with van der Waals surface area (Å²) in [6.07, 6.45) is 1.75. The number of hydrogen-bond donors (Lipinski definition) is 2. The van der Waals surface area contributed by atoms with Crippen LogP contribution >= 0.6 is 0 Å². The molecular formula is C16H21F2N3O2. The Bertz CT molecular complexity index is 595. The molecule has 126 valence electrons. The molecule has 1 aromatic carbocycles. The minimum Gasteiger partial charge on any atom is -0.351 e. The van der Waals surface area contributed by atoms with Crippen molar-refractivity contribution in [3.8, 4) is 0 Å². The first-order chi connectivity index (χ1) is 10.9. The molecule has 1 heterocycles. The van der Waals surface area contributed by atoms with Crippen molar-refractivity contribution in [2.24, 2.45) is 11.7 Å². The number of urea groups is 1. The van der Waals surface area contributed by atoms with Crippen molar-refractivity contribution in [2.45, 2.75) is 32.2 Å². The molecule has 0 aromatic heterocycles. The molecule has 5 nitrogen and oxygen atoms in total. The normalized spacial score (nSPS) is 19.3. The molecule has 2 atom stereocenters. The SMILES string of the molecule is CC[C@H](NC(=O)[C@@H]1CCCN(C(N)=O)C1)c1cc(F)ccc1F. The van der Waals surface area contributed by atoms with Crippen LogP contribution in [-0.2, 0) is 4.79 Å². The van der Waals surface area contributed by atoms with Gasteiger partial charge in [0, 0.05) is 18.7 Å². The molecule has 1 saturated heterocycles. The monoisotopic (exact) mass is 325 g/mol. The topological polar surface area (TPSA) is 75.4 Å². The van der Waals surface area contributed by atoms with E-state index in [-0.39, 0.29) is 23.9 Å². The van der Waals surface area contributed by atoms with Crippen LogP contribution in [0.25, 0.3) is 0 Å². The van der Waals surface area contributed by atoms with Crippen LogP contribution in [0.3, 0.4) is 0 Å². The van der Waals surface area contributed by atoms with Gasteiger partial charge < -0.3 is 16.0 Å². The lowest BCUT2D eigenvalue weighted by Gasteiger charge is -2.31. The van der Waals surface area contributed by atoms with E-state index in [1.165, 1.54) is 4.90 Å². The van der Waals surface area contributed by atoms with E-state index in [4.69, 9.17) is 5.73 Å². The minimum absolute atomic E-state index is 0.128. The molecule has 1 fully saturated rings. The lowest BCUT2D eigenvalue weighted by Crippen LogP contribution is -2.47. The van der Waals surface area contributed by atoms with E-state index < -0.39 is 23.7 Å². The first kappa shape index (κ1) is 17.2. The number of amides is 3. The highest BCUT2D eigenvalue weighted by Crippen LogP contribution is 2.23. The summed E-state index contributed by atoms with van der Waals surface area (Å²) in [5.74, 6) is -1.76. The van der Waals surface area contributed by atoms with Gasteiger partial charge in [0.2, 0.25) is 5.91 Å². The number of benzene rings is 1. The number of carbonyl (C=O) groups is 2. The van der Waals surface area contributed by atoms with E-state index in [2.05, 4.69) is 5.32 Å². The zero-order chi connectivity index (χ0) is 17.0. The smallest absolute Gasteiger partial charge is 0.314 e. The average molecular weight is 325 g/mol. The molecule has 0 spiro atoms. The van der Waals surface area contributed by atoms with Crippen LogP contribution in [0.5, 0.6) is 0 Å². The summed E-state index contributed by atoms with van der Waals surface area (Å²) in [4.78, 5) is 25.1. The Morgan fingerprint density at radius 3 is 2.83 bits per heavy atom. The van der Waals surface area contributed by atoms with Crippen molar-refractivity contribution < 1.29 is 18.4 Å². The van der Waals surface area contributed by atoms with Gasteiger partial charge in [-0.2, -0.15) is 0 Å². The van der Waals surface area contributed by atoms with Crippen molar-refractivity contribution in [3.63, 3.8) is 0 Å². The van der Waals surface area contributed by atoms with Gasteiger partial charge in [0.25, 0.3) is 0 Å². The fourth-order valence-electron chi connectivity index (χ4n) is 2.86. The maximum Gasteiger partial charge on any atom is 0.314 e. The lowest BCUT2D eigenvalue weighted by atomic mass is 9.96. The standard InChI is InChI=1S/C16H21F2N3O2/c1-2-14(12-8-11(17)5-6-13(12)18)20-15(22)10-4-3-7-21(9-10)16(19)23/h5-6,8,10,14H,2-4,7,9H2,1H3,(H2,19,23)(H,20,22)/t10-,14+/m1/s1. The highest BCUT2D eigenvalue weighted by Gasteiger charge is 2.29. The highest BCUT2D eigenvalue weighted by atomic mass is 19.1. The van der Waals surface area contributed by atoms with Crippen LogP contribution < -0.4 is 11.1 Å². The van der Waals surface area contributed by atoms with E-state index in [0.717, 1.165) is 18.2 Å². The van der Waals surface area contributed by atoms with E-state index >= 15 is 0 Å². The number of nitrogens with zero attached hydrogens (tertiary/aromatic N) is 1. The molecule has 1 aliphatic heterocycles. The number of likely N-dealkylation sites (tertiary alicyclic amines) is 1. The number of rotatable bonds is 4. The molecule has 1 aromatic rings. The molecule has 23 heavy (non-hydrogen) atoms. The largest absolute Gasteiger partial charge is 0.351 e. The molecule has 3 N–H and O–H groups in total. The number of halogens is 2. The fraction of sp³-hybridized carbons (Fsp3) is 0.500. The Morgan fingerprint density at radius 2 is 2.17 bits per heavy atom. The van der Waals surface area contributed by atoms with Crippen LogP contribution in [-0.4, -0.2) is 29.9 Å². The van der Waals surface area contributed by atoms with Gasteiger partial charge in [-0.1, -0.05) is 6.92 Å². The second-order valence-electron chi connectivity index (χ2n) is 5.76. The van der Waals surface area contributed by atoms with E-state index in [1.54, 1.807) is 6.92 Å². The number of primary amides is 1. The zero-order valence-electron chi connectivity index (χ0n) is 13.0. The first-order valence-corrected chi connectivity index (χ1v) is 7.72. The molecule has 0 bridgehead atoms. The molecule has 0 aliphatic carbocycles.